The van der Waals surface area contributed by atoms with Gasteiger partial charge in [0.2, 0.25) is 0 Å². The summed E-state index contributed by atoms with van der Waals surface area (Å²) in [5.41, 5.74) is 7.19. The number of rotatable bonds is 6. The van der Waals surface area contributed by atoms with Crippen LogP contribution < -0.4 is 11.1 Å². The van der Waals surface area contributed by atoms with E-state index in [1.165, 1.54) is 0 Å². The molecule has 1 aromatic rings. The van der Waals surface area contributed by atoms with Gasteiger partial charge in [0, 0.05) is 12.2 Å². The van der Waals surface area contributed by atoms with E-state index in [-0.39, 0.29) is 0 Å². The molecule has 1 unspecified atom stereocenters. The lowest BCUT2D eigenvalue weighted by Crippen LogP contribution is -2.17. The zero-order chi connectivity index (χ0) is 11.1. The Labute approximate surface area is 90.6 Å². The highest BCUT2D eigenvalue weighted by Crippen LogP contribution is 2.17. The number of nitrogens with two attached hydrogens (primary N) is 1. The second kappa shape index (κ2) is 6.22. The summed E-state index contributed by atoms with van der Waals surface area (Å²) in [6, 6.07) is 7.35. The van der Waals surface area contributed by atoms with Crippen molar-refractivity contribution in [2.45, 2.75) is 12.5 Å². The van der Waals surface area contributed by atoms with Crippen LogP contribution in [-0.2, 0) is 0 Å². The largest absolute Gasteiger partial charge is 0.399 e. The van der Waals surface area contributed by atoms with Crippen LogP contribution in [0.15, 0.2) is 36.9 Å². The second-order valence-corrected chi connectivity index (χ2v) is 3.47. The number of anilines is 1. The molecule has 0 aromatic heterocycles. The monoisotopic (exact) mass is 206 g/mol. The molecule has 3 heteroatoms. The number of aliphatic hydroxyl groups excluding tert-OH is 1. The van der Waals surface area contributed by atoms with Gasteiger partial charge in [0.15, 0.2) is 0 Å². The van der Waals surface area contributed by atoms with Crippen molar-refractivity contribution in [1.29, 1.82) is 0 Å². The third-order valence-electron chi connectivity index (χ3n) is 2.18. The fraction of sp³-hybridized carbons (Fsp3) is 0.333. The van der Waals surface area contributed by atoms with Crippen molar-refractivity contribution in [1.82, 2.24) is 5.32 Å². The Kier molecular flexibility index (Phi) is 4.87. The maximum Gasteiger partial charge on any atom is 0.0802 e. The molecule has 82 valence electrons. The summed E-state index contributed by atoms with van der Waals surface area (Å²) in [4.78, 5) is 0. The Morgan fingerprint density at radius 1 is 1.53 bits per heavy atom. The third kappa shape index (κ3) is 4.14. The number of hydrogen-bond donors (Lipinski definition) is 3. The quantitative estimate of drug-likeness (QED) is 0.375. The summed E-state index contributed by atoms with van der Waals surface area (Å²) < 4.78 is 0. The van der Waals surface area contributed by atoms with Gasteiger partial charge in [-0.15, -0.1) is 6.58 Å². The van der Waals surface area contributed by atoms with Gasteiger partial charge in [-0.3, -0.25) is 0 Å². The average molecular weight is 206 g/mol. The molecule has 1 atom stereocenters. The van der Waals surface area contributed by atoms with Gasteiger partial charge in [0.05, 0.1) is 6.10 Å². The van der Waals surface area contributed by atoms with E-state index < -0.39 is 6.10 Å². The molecule has 3 nitrogen and oxygen atoms in total. The highest BCUT2D eigenvalue weighted by molar-refractivity contribution is 5.41. The molecule has 4 N–H and O–H groups in total. The van der Waals surface area contributed by atoms with Gasteiger partial charge in [-0.25, -0.2) is 0 Å². The first-order valence-electron chi connectivity index (χ1n) is 5.09. The molecular formula is C12H18N2O. The van der Waals surface area contributed by atoms with E-state index in [1.54, 1.807) is 12.1 Å². The van der Waals surface area contributed by atoms with Gasteiger partial charge in [-0.2, -0.15) is 0 Å². The van der Waals surface area contributed by atoms with Crippen molar-refractivity contribution in [3.63, 3.8) is 0 Å². The van der Waals surface area contributed by atoms with Gasteiger partial charge in [0.25, 0.3) is 0 Å². The number of hydrogen-bond acceptors (Lipinski definition) is 3. The van der Waals surface area contributed by atoms with Crippen LogP contribution in [0.2, 0.25) is 0 Å². The Bertz CT molecular complexity index is 312. The summed E-state index contributed by atoms with van der Waals surface area (Å²) >= 11 is 0. The lowest BCUT2D eigenvalue weighted by molar-refractivity contribution is 0.167. The normalized spacial score (nSPS) is 12.3. The molecule has 0 aliphatic carbocycles. The first-order valence-corrected chi connectivity index (χ1v) is 5.09. The lowest BCUT2D eigenvalue weighted by Gasteiger charge is -2.11. The molecule has 15 heavy (non-hydrogen) atoms. The minimum absolute atomic E-state index is 0.453. The van der Waals surface area contributed by atoms with Crippen molar-refractivity contribution in [3.8, 4) is 0 Å². The van der Waals surface area contributed by atoms with Crippen LogP contribution in [0.25, 0.3) is 0 Å². The molecule has 0 aliphatic rings. The van der Waals surface area contributed by atoms with Crippen LogP contribution in [0.4, 0.5) is 5.69 Å². The van der Waals surface area contributed by atoms with Crippen molar-refractivity contribution in [3.05, 3.63) is 42.5 Å². The topological polar surface area (TPSA) is 58.3 Å². The number of benzene rings is 1. The fourth-order valence-corrected chi connectivity index (χ4v) is 1.38. The number of nitrogen functional groups attached to an aromatic ring is 1. The van der Waals surface area contributed by atoms with Gasteiger partial charge in [0.1, 0.15) is 0 Å². The second-order valence-electron chi connectivity index (χ2n) is 3.47. The molecule has 0 heterocycles. The predicted molar refractivity (Wildman–Crippen MR) is 63.5 cm³/mol. The summed E-state index contributed by atoms with van der Waals surface area (Å²) in [5, 5.41) is 13.0. The summed E-state index contributed by atoms with van der Waals surface area (Å²) in [6.45, 7) is 5.14. The minimum Gasteiger partial charge on any atom is -0.399 e. The molecule has 0 spiro atoms. The van der Waals surface area contributed by atoms with Crippen molar-refractivity contribution >= 4 is 5.69 Å². The predicted octanol–water partition coefficient (Wildman–Crippen LogP) is 1.47. The van der Waals surface area contributed by atoms with E-state index in [2.05, 4.69) is 11.9 Å². The Morgan fingerprint density at radius 3 is 3.00 bits per heavy atom. The van der Waals surface area contributed by atoms with Crippen LogP contribution >= 0.6 is 0 Å². The van der Waals surface area contributed by atoms with E-state index in [4.69, 9.17) is 5.73 Å². The van der Waals surface area contributed by atoms with Gasteiger partial charge in [-0.05, 0) is 30.7 Å². The summed E-state index contributed by atoms with van der Waals surface area (Å²) in [7, 11) is 0. The highest BCUT2D eigenvalue weighted by Gasteiger charge is 2.06. The van der Waals surface area contributed by atoms with Crippen molar-refractivity contribution in [2.24, 2.45) is 0 Å². The van der Waals surface area contributed by atoms with Crippen LogP contribution in [0.5, 0.6) is 0 Å². The Balaban J connectivity index is 2.39. The molecule has 1 rings (SSSR count). The maximum atomic E-state index is 9.82. The Morgan fingerprint density at radius 2 is 2.33 bits per heavy atom. The highest BCUT2D eigenvalue weighted by atomic mass is 16.3. The Hall–Kier alpha value is -1.32. The summed E-state index contributed by atoms with van der Waals surface area (Å²) in [6.07, 6.45) is 2.02. The molecule has 0 aliphatic heterocycles. The first kappa shape index (κ1) is 11.8. The molecule has 0 saturated heterocycles. The van der Waals surface area contributed by atoms with Gasteiger partial charge >= 0.3 is 0 Å². The van der Waals surface area contributed by atoms with Crippen LogP contribution in [0.1, 0.15) is 18.1 Å². The van der Waals surface area contributed by atoms with E-state index >= 15 is 0 Å². The molecule has 1 aromatic carbocycles. The molecule has 0 saturated carbocycles. The molecule has 0 bridgehead atoms. The van der Waals surface area contributed by atoms with E-state index in [1.807, 2.05) is 18.2 Å². The average Bonchev–Trinajstić information content (AvgIpc) is 2.24. The van der Waals surface area contributed by atoms with Crippen molar-refractivity contribution in [2.75, 3.05) is 18.8 Å². The zero-order valence-electron chi connectivity index (χ0n) is 8.82. The molecule has 0 radical (unpaired) electrons. The molecule has 0 fully saturated rings. The summed E-state index contributed by atoms with van der Waals surface area (Å²) in [5.74, 6) is 0. The number of nitrogens with one attached hydrogen (secondary N) is 1. The smallest absolute Gasteiger partial charge is 0.0802 e. The molecule has 0 amide bonds. The van der Waals surface area contributed by atoms with E-state index in [0.717, 1.165) is 18.7 Å². The van der Waals surface area contributed by atoms with Crippen LogP contribution in [0.3, 0.4) is 0 Å². The maximum absolute atomic E-state index is 9.82. The first-order chi connectivity index (χ1) is 7.24. The van der Waals surface area contributed by atoms with E-state index in [9.17, 15) is 5.11 Å². The zero-order valence-corrected chi connectivity index (χ0v) is 8.82. The van der Waals surface area contributed by atoms with Crippen LogP contribution in [0, 0.1) is 0 Å². The SMILES string of the molecule is C=CCNCCC(O)c1cccc(N)c1. The van der Waals surface area contributed by atoms with Crippen LogP contribution in [-0.4, -0.2) is 18.2 Å². The molecular weight excluding hydrogens is 188 g/mol. The fourth-order valence-electron chi connectivity index (χ4n) is 1.38. The van der Waals surface area contributed by atoms with Gasteiger partial charge < -0.3 is 16.2 Å². The van der Waals surface area contributed by atoms with Crippen molar-refractivity contribution < 1.29 is 5.11 Å². The third-order valence-corrected chi connectivity index (χ3v) is 2.18. The standard InChI is InChI=1S/C12H18N2O/c1-2-7-14-8-6-12(15)10-4-3-5-11(13)9-10/h2-5,9,12,14-15H,1,6-8,13H2. The minimum atomic E-state index is -0.453. The van der Waals surface area contributed by atoms with E-state index in [0.29, 0.717) is 12.1 Å². The van der Waals surface area contributed by atoms with Gasteiger partial charge in [-0.1, -0.05) is 18.2 Å². The number of aliphatic hydroxyl groups is 1. The lowest BCUT2D eigenvalue weighted by atomic mass is 10.1.